The zero-order chi connectivity index (χ0) is 12.1. The van der Waals surface area contributed by atoms with Crippen LogP contribution in [0.4, 0.5) is 0 Å². The van der Waals surface area contributed by atoms with Crippen LogP contribution in [0.2, 0.25) is 0 Å². The van der Waals surface area contributed by atoms with Crippen molar-refractivity contribution in [3.8, 4) is 0 Å². The van der Waals surface area contributed by atoms with E-state index in [9.17, 15) is 5.11 Å². The van der Waals surface area contributed by atoms with Gasteiger partial charge < -0.3 is 14.7 Å². The Kier molecular flexibility index (Phi) is 4.12. The van der Waals surface area contributed by atoms with Crippen molar-refractivity contribution in [1.82, 2.24) is 5.06 Å². The number of hydrogen-bond acceptors (Lipinski definition) is 4. The lowest BCUT2D eigenvalue weighted by molar-refractivity contribution is -0.216. The van der Waals surface area contributed by atoms with Gasteiger partial charge in [-0.25, -0.2) is 0 Å². The van der Waals surface area contributed by atoms with Crippen LogP contribution in [-0.4, -0.2) is 43.6 Å². The Balaban J connectivity index is 1.93. The first-order chi connectivity index (χ1) is 8.28. The van der Waals surface area contributed by atoms with Crippen LogP contribution in [0.25, 0.3) is 0 Å². The van der Waals surface area contributed by atoms with E-state index in [1.807, 2.05) is 23.3 Å². The number of rotatable bonds is 6. The Bertz CT molecular complexity index is 332. The van der Waals surface area contributed by atoms with Crippen LogP contribution in [0.1, 0.15) is 5.56 Å². The molecule has 94 valence electrons. The number of aliphatic hydroxyl groups excluding tert-OH is 1. The van der Waals surface area contributed by atoms with Crippen molar-refractivity contribution in [2.45, 2.75) is 6.54 Å². The lowest BCUT2D eigenvalue weighted by atomic mass is 9.87. The van der Waals surface area contributed by atoms with Crippen LogP contribution in [-0.2, 0) is 16.1 Å². The first-order valence-corrected chi connectivity index (χ1v) is 5.80. The average molecular weight is 237 g/mol. The number of nitrogens with zero attached hydrogens (tertiary/aromatic N) is 1. The number of benzene rings is 1. The molecule has 0 bridgehead atoms. The third kappa shape index (κ3) is 3.04. The molecule has 0 saturated carbocycles. The fraction of sp³-hybridized carbons (Fsp3) is 0.538. The summed E-state index contributed by atoms with van der Waals surface area (Å²) in [6.45, 7) is 2.77. The van der Waals surface area contributed by atoms with Crippen molar-refractivity contribution >= 4 is 0 Å². The normalized spacial score (nSPS) is 18.1. The lowest BCUT2D eigenvalue weighted by Gasteiger charge is -2.42. The molecule has 1 fully saturated rings. The highest BCUT2D eigenvalue weighted by molar-refractivity contribution is 5.14. The highest BCUT2D eigenvalue weighted by atomic mass is 16.7. The Morgan fingerprint density at radius 2 is 2.06 bits per heavy atom. The molecule has 0 unspecified atom stereocenters. The fourth-order valence-corrected chi connectivity index (χ4v) is 1.97. The maximum absolute atomic E-state index is 9.38. The zero-order valence-electron chi connectivity index (χ0n) is 10.1. The van der Waals surface area contributed by atoms with Gasteiger partial charge in [-0.3, -0.25) is 0 Å². The molecule has 0 radical (unpaired) electrons. The van der Waals surface area contributed by atoms with E-state index >= 15 is 0 Å². The maximum atomic E-state index is 9.38. The van der Waals surface area contributed by atoms with Crippen molar-refractivity contribution < 1.29 is 14.7 Å². The van der Waals surface area contributed by atoms with Crippen LogP contribution in [0.3, 0.4) is 0 Å². The molecule has 0 aliphatic carbocycles. The summed E-state index contributed by atoms with van der Waals surface area (Å²) in [5.41, 5.74) is 1.05. The molecule has 4 nitrogen and oxygen atoms in total. The molecule has 17 heavy (non-hydrogen) atoms. The molecule has 1 saturated heterocycles. The Morgan fingerprint density at radius 3 is 2.53 bits per heavy atom. The van der Waals surface area contributed by atoms with Gasteiger partial charge in [0.1, 0.15) is 0 Å². The summed E-state index contributed by atoms with van der Waals surface area (Å²) in [5, 5.41) is 11.3. The van der Waals surface area contributed by atoms with E-state index < -0.39 is 0 Å². The van der Waals surface area contributed by atoms with Crippen molar-refractivity contribution in [2.75, 3.05) is 33.5 Å². The number of ether oxygens (including phenoxy) is 1. The van der Waals surface area contributed by atoms with Gasteiger partial charge in [0.05, 0.1) is 32.3 Å². The molecule has 1 aliphatic heterocycles. The quantitative estimate of drug-likeness (QED) is 0.751. The molecule has 1 aromatic carbocycles. The summed E-state index contributed by atoms with van der Waals surface area (Å²) in [5.74, 6) is 0. The van der Waals surface area contributed by atoms with E-state index in [-0.39, 0.29) is 12.0 Å². The Hall–Kier alpha value is -0.940. The van der Waals surface area contributed by atoms with Crippen LogP contribution in [0.15, 0.2) is 30.3 Å². The van der Waals surface area contributed by atoms with Gasteiger partial charge in [-0.2, -0.15) is 5.06 Å². The minimum Gasteiger partial charge on any atom is -0.396 e. The fourth-order valence-electron chi connectivity index (χ4n) is 1.97. The van der Waals surface area contributed by atoms with E-state index in [1.165, 1.54) is 5.56 Å². The van der Waals surface area contributed by atoms with E-state index in [0.29, 0.717) is 19.8 Å². The van der Waals surface area contributed by atoms with Gasteiger partial charge in [0, 0.05) is 13.1 Å². The topological polar surface area (TPSA) is 41.9 Å². The monoisotopic (exact) mass is 237 g/mol. The van der Waals surface area contributed by atoms with Crippen molar-refractivity contribution in [3.05, 3.63) is 35.9 Å². The molecule has 0 atom stereocenters. The van der Waals surface area contributed by atoms with Crippen LogP contribution >= 0.6 is 0 Å². The minimum absolute atomic E-state index is 0.141. The third-order valence-electron chi connectivity index (χ3n) is 3.12. The van der Waals surface area contributed by atoms with Crippen molar-refractivity contribution in [2.24, 2.45) is 5.41 Å². The molecule has 1 N–H and O–H groups in total. The van der Waals surface area contributed by atoms with Crippen LogP contribution in [0.5, 0.6) is 0 Å². The van der Waals surface area contributed by atoms with E-state index in [4.69, 9.17) is 9.57 Å². The molecule has 1 aromatic rings. The lowest BCUT2D eigenvalue weighted by Crippen LogP contribution is -2.52. The predicted octanol–water partition coefficient (Wildman–Crippen LogP) is 1.06. The molecule has 0 spiro atoms. The maximum Gasteiger partial charge on any atom is 0.0580 e. The molecule has 4 heteroatoms. The number of hydroxylamine groups is 2. The second kappa shape index (κ2) is 5.60. The Morgan fingerprint density at radius 1 is 1.35 bits per heavy atom. The summed E-state index contributed by atoms with van der Waals surface area (Å²) in [7, 11) is 1.66. The smallest absolute Gasteiger partial charge is 0.0580 e. The van der Waals surface area contributed by atoms with E-state index in [0.717, 1.165) is 6.54 Å². The largest absolute Gasteiger partial charge is 0.396 e. The summed E-state index contributed by atoms with van der Waals surface area (Å²) >= 11 is 0. The Labute approximate surface area is 102 Å². The molecule has 1 aliphatic rings. The number of aliphatic hydroxyl groups is 1. The van der Waals surface area contributed by atoms with E-state index in [1.54, 1.807) is 7.11 Å². The minimum atomic E-state index is -0.148. The van der Waals surface area contributed by atoms with Gasteiger partial charge in [-0.1, -0.05) is 30.3 Å². The molecule has 1 heterocycles. The highest BCUT2D eigenvalue weighted by Gasteiger charge is 2.39. The number of hydrogen-bond donors (Lipinski definition) is 1. The van der Waals surface area contributed by atoms with Gasteiger partial charge in [-0.05, 0) is 5.56 Å². The second-order valence-corrected chi connectivity index (χ2v) is 4.62. The highest BCUT2D eigenvalue weighted by Crippen LogP contribution is 2.28. The summed E-state index contributed by atoms with van der Waals surface area (Å²) in [6, 6.07) is 10.1. The third-order valence-corrected chi connectivity index (χ3v) is 3.12. The van der Waals surface area contributed by atoms with Crippen LogP contribution in [0, 0.1) is 5.41 Å². The second-order valence-electron chi connectivity index (χ2n) is 4.62. The average Bonchev–Trinajstić information content (AvgIpc) is 2.33. The summed E-state index contributed by atoms with van der Waals surface area (Å²) < 4.78 is 5.18. The van der Waals surface area contributed by atoms with Gasteiger partial charge in [0.15, 0.2) is 0 Å². The van der Waals surface area contributed by atoms with Gasteiger partial charge in [0.25, 0.3) is 0 Å². The standard InChI is InChI=1S/C13H19NO3/c1-16-14(7-12-5-3-2-4-6-12)8-13(9-15)10-17-11-13/h2-6,15H,7-11H2,1H3. The van der Waals surface area contributed by atoms with E-state index in [2.05, 4.69) is 12.1 Å². The molecule has 2 rings (SSSR count). The molecule has 0 amide bonds. The van der Waals surface area contributed by atoms with Crippen molar-refractivity contribution in [3.63, 3.8) is 0 Å². The van der Waals surface area contributed by atoms with Crippen molar-refractivity contribution in [1.29, 1.82) is 0 Å². The predicted molar refractivity (Wildman–Crippen MR) is 64.2 cm³/mol. The summed E-state index contributed by atoms with van der Waals surface area (Å²) in [6.07, 6.45) is 0. The van der Waals surface area contributed by atoms with Gasteiger partial charge >= 0.3 is 0 Å². The van der Waals surface area contributed by atoms with Crippen LogP contribution < -0.4 is 0 Å². The first-order valence-electron chi connectivity index (χ1n) is 5.80. The molecular weight excluding hydrogens is 218 g/mol. The SMILES string of the molecule is CON(Cc1ccccc1)CC1(CO)COC1. The first kappa shape index (κ1) is 12.5. The molecular formula is C13H19NO3. The molecule has 0 aromatic heterocycles. The van der Waals surface area contributed by atoms with Gasteiger partial charge in [0.2, 0.25) is 0 Å². The summed E-state index contributed by atoms with van der Waals surface area (Å²) in [4.78, 5) is 5.35. The zero-order valence-corrected chi connectivity index (χ0v) is 10.1. The van der Waals surface area contributed by atoms with Gasteiger partial charge in [-0.15, -0.1) is 0 Å².